The molecule has 0 atom stereocenters. The van der Waals surface area contributed by atoms with Crippen LogP contribution in [0.3, 0.4) is 0 Å². The first-order valence-electron chi connectivity index (χ1n) is 13.7. The zero-order valence-corrected chi connectivity index (χ0v) is 26.6. The number of aryl methyl sites for hydroxylation is 1. The van der Waals surface area contributed by atoms with Gasteiger partial charge in [-0.1, -0.05) is 20.8 Å². The summed E-state index contributed by atoms with van der Waals surface area (Å²) in [4.78, 5) is 23.6. The maximum atomic E-state index is 13.5. The van der Waals surface area contributed by atoms with Crippen LogP contribution in [0.2, 0.25) is 18.1 Å². The third-order valence-electron chi connectivity index (χ3n) is 7.63. The first-order valence-corrected chi connectivity index (χ1v) is 16.6. The fourth-order valence-electron chi connectivity index (χ4n) is 4.23. The molecule has 0 unspecified atom stereocenters. The van der Waals surface area contributed by atoms with Crippen molar-refractivity contribution in [3.05, 3.63) is 40.7 Å². The van der Waals surface area contributed by atoms with E-state index in [2.05, 4.69) is 49.5 Å². The molecule has 3 rings (SSSR count). The molecule has 0 aliphatic carbocycles. The molecule has 2 amide bonds. The first-order chi connectivity index (χ1) is 19.6. The van der Waals surface area contributed by atoms with Gasteiger partial charge in [-0.15, -0.1) is 0 Å². The second-order valence-electron chi connectivity index (χ2n) is 11.6. The number of pyridine rings is 2. The Balaban J connectivity index is 1.93. The molecule has 2 aromatic heterocycles. The van der Waals surface area contributed by atoms with Gasteiger partial charge in [0.15, 0.2) is 8.32 Å². The molecule has 0 saturated carbocycles. The van der Waals surface area contributed by atoms with E-state index in [9.17, 15) is 18.0 Å². The van der Waals surface area contributed by atoms with Gasteiger partial charge in [0.2, 0.25) is 6.29 Å². The van der Waals surface area contributed by atoms with Crippen LogP contribution in [-0.4, -0.2) is 65.3 Å². The van der Waals surface area contributed by atoms with Gasteiger partial charge in [-0.05, 0) is 42.6 Å². The number of carbonyl (C=O) groups is 1. The third-order valence-corrected chi connectivity index (χ3v) is 12.1. The molecule has 2 N–H and O–H groups in total. The molecule has 0 aromatic carbocycles. The second-order valence-corrected chi connectivity index (χ2v) is 16.4. The molecule has 0 saturated heterocycles. The summed E-state index contributed by atoms with van der Waals surface area (Å²) in [6.45, 7) is 11.9. The number of methoxy groups -OCH3 is 3. The number of amides is 2. The monoisotopic (exact) mass is 613 g/mol. The number of ether oxygens (including phenoxy) is 3. The van der Waals surface area contributed by atoms with Gasteiger partial charge in [0.05, 0.1) is 24.5 Å². The maximum Gasteiger partial charge on any atom is 0.419 e. The van der Waals surface area contributed by atoms with Crippen molar-refractivity contribution >= 4 is 31.7 Å². The molecule has 0 fully saturated rings. The Labute approximate surface area is 246 Å². The molecule has 1 aliphatic rings. The van der Waals surface area contributed by atoms with Crippen LogP contribution in [-0.2, 0) is 37.8 Å². The Morgan fingerprint density at radius 3 is 2.43 bits per heavy atom. The number of fused-ring (bicyclic) bond motifs is 1. The molecule has 234 valence electrons. The number of aromatic nitrogens is 2. The average molecular weight is 614 g/mol. The molecule has 0 spiro atoms. The highest BCUT2D eigenvalue weighted by Gasteiger charge is 2.38. The van der Waals surface area contributed by atoms with Gasteiger partial charge in [0, 0.05) is 52.2 Å². The van der Waals surface area contributed by atoms with Gasteiger partial charge in [0.25, 0.3) is 0 Å². The van der Waals surface area contributed by atoms with E-state index in [1.807, 2.05) is 6.07 Å². The van der Waals surface area contributed by atoms with Crippen molar-refractivity contribution in [1.29, 1.82) is 0 Å². The van der Waals surface area contributed by atoms with E-state index in [-0.39, 0.29) is 29.7 Å². The lowest BCUT2D eigenvalue weighted by molar-refractivity contribution is -0.137. The number of hydrogen-bond acceptors (Lipinski definition) is 8. The Kier molecular flexibility index (Phi) is 11.0. The lowest BCUT2D eigenvalue weighted by Gasteiger charge is -2.36. The summed E-state index contributed by atoms with van der Waals surface area (Å²) >= 11 is 0. The zero-order valence-electron chi connectivity index (χ0n) is 25.6. The minimum atomic E-state index is -4.62. The largest absolute Gasteiger partial charge is 0.419 e. The molecule has 14 heteroatoms. The van der Waals surface area contributed by atoms with E-state index >= 15 is 0 Å². The Morgan fingerprint density at radius 1 is 1.14 bits per heavy atom. The van der Waals surface area contributed by atoms with Crippen LogP contribution in [0.1, 0.15) is 55.9 Å². The van der Waals surface area contributed by atoms with Crippen molar-refractivity contribution in [2.75, 3.05) is 56.6 Å². The van der Waals surface area contributed by atoms with E-state index in [4.69, 9.17) is 23.6 Å². The Morgan fingerprint density at radius 2 is 1.83 bits per heavy atom. The number of anilines is 3. The van der Waals surface area contributed by atoms with Gasteiger partial charge >= 0.3 is 12.2 Å². The first kappa shape index (κ1) is 33.7. The summed E-state index contributed by atoms with van der Waals surface area (Å²) in [6, 6.07) is 2.57. The van der Waals surface area contributed by atoms with Crippen molar-refractivity contribution in [1.82, 2.24) is 9.97 Å². The van der Waals surface area contributed by atoms with Crippen LogP contribution in [0.25, 0.3) is 0 Å². The fraction of sp³-hybridized carbons (Fsp3) is 0.607. The van der Waals surface area contributed by atoms with Crippen molar-refractivity contribution in [2.24, 2.45) is 0 Å². The summed E-state index contributed by atoms with van der Waals surface area (Å²) in [5.41, 5.74) is 1.00. The minimum Gasteiger partial charge on any atom is -0.412 e. The van der Waals surface area contributed by atoms with Crippen LogP contribution in [0.5, 0.6) is 0 Å². The molecular formula is C28H42F3N5O5Si. The summed E-state index contributed by atoms with van der Waals surface area (Å²) in [5, 5.41) is 5.34. The summed E-state index contributed by atoms with van der Waals surface area (Å²) in [7, 11) is 2.38. The molecule has 1 aliphatic heterocycles. The smallest absolute Gasteiger partial charge is 0.412 e. The predicted molar refractivity (Wildman–Crippen MR) is 157 cm³/mol. The SMILES string of the molecule is COCCNc1cc(NC(=O)N2CCCc3cc(CO[Si](C)(C)C(C)(C)C)c(C(OC)OC)nc32)ncc1C(F)(F)F. The lowest BCUT2D eigenvalue weighted by Crippen LogP contribution is -2.41. The minimum absolute atomic E-state index is 0.0110. The molecule has 0 radical (unpaired) electrons. The molecule has 2 aromatic rings. The fourth-order valence-corrected chi connectivity index (χ4v) is 5.18. The number of halogens is 3. The van der Waals surface area contributed by atoms with Crippen molar-refractivity contribution in [3.63, 3.8) is 0 Å². The van der Waals surface area contributed by atoms with Crippen LogP contribution in [0, 0.1) is 0 Å². The Hall–Kier alpha value is -2.78. The van der Waals surface area contributed by atoms with Gasteiger partial charge in [-0.3, -0.25) is 10.2 Å². The van der Waals surface area contributed by atoms with Crippen molar-refractivity contribution in [3.8, 4) is 0 Å². The number of nitrogens with one attached hydrogen (secondary N) is 2. The number of nitrogens with zero attached hydrogens (tertiary/aromatic N) is 3. The summed E-state index contributed by atoms with van der Waals surface area (Å²) < 4.78 is 63.1. The van der Waals surface area contributed by atoms with Crippen LogP contribution in [0.15, 0.2) is 18.3 Å². The quantitative estimate of drug-likeness (QED) is 0.172. The van der Waals surface area contributed by atoms with Gasteiger partial charge in [-0.25, -0.2) is 14.8 Å². The summed E-state index contributed by atoms with van der Waals surface area (Å²) in [5.74, 6) is 0.389. The van der Waals surface area contributed by atoms with Crippen LogP contribution in [0.4, 0.5) is 35.3 Å². The van der Waals surface area contributed by atoms with E-state index in [1.165, 1.54) is 26.2 Å². The summed E-state index contributed by atoms with van der Waals surface area (Å²) in [6.07, 6.45) is -3.36. The molecule has 0 bridgehead atoms. The van der Waals surface area contributed by atoms with Gasteiger partial charge in [-0.2, -0.15) is 13.2 Å². The predicted octanol–water partition coefficient (Wildman–Crippen LogP) is 6.35. The maximum absolute atomic E-state index is 13.5. The molecule has 42 heavy (non-hydrogen) atoms. The Bertz CT molecular complexity index is 1240. The second kappa shape index (κ2) is 13.7. The van der Waals surface area contributed by atoms with Gasteiger partial charge in [0.1, 0.15) is 17.3 Å². The number of rotatable bonds is 11. The van der Waals surface area contributed by atoms with E-state index in [0.29, 0.717) is 43.7 Å². The molecule has 3 heterocycles. The van der Waals surface area contributed by atoms with E-state index < -0.39 is 32.4 Å². The number of urea groups is 1. The number of alkyl halides is 3. The zero-order chi connectivity index (χ0) is 31.3. The highest BCUT2D eigenvalue weighted by Crippen LogP contribution is 2.39. The van der Waals surface area contributed by atoms with Gasteiger partial charge < -0.3 is 24.0 Å². The average Bonchev–Trinajstić information content (AvgIpc) is 2.91. The molecule has 10 nitrogen and oxygen atoms in total. The third kappa shape index (κ3) is 7.98. The standard InChI is InChI=1S/C28H42F3N5O5Si/c1-27(2,3)42(7,8)41-17-19-14-18-10-9-12-36(24(18)35-23(19)25(39-5)40-6)26(37)34-22-15-21(32-11-13-38-4)20(16-33-22)28(29,30)31/h14-16,25H,9-13,17H2,1-8H3,(H2,32,33,34,37). The van der Waals surface area contributed by atoms with Crippen molar-refractivity contribution in [2.45, 2.75) is 70.8 Å². The van der Waals surface area contributed by atoms with E-state index in [0.717, 1.165) is 17.2 Å². The lowest BCUT2D eigenvalue weighted by atomic mass is 10.0. The highest BCUT2D eigenvalue weighted by atomic mass is 28.4. The van der Waals surface area contributed by atoms with Crippen LogP contribution >= 0.6 is 0 Å². The highest BCUT2D eigenvalue weighted by molar-refractivity contribution is 6.74. The molecular weight excluding hydrogens is 571 g/mol. The van der Waals surface area contributed by atoms with Crippen molar-refractivity contribution < 1.29 is 36.6 Å². The normalized spacial score (nSPS) is 14.2. The number of hydrogen-bond donors (Lipinski definition) is 2. The topological polar surface area (TPSA) is 107 Å². The van der Waals surface area contributed by atoms with Crippen LogP contribution < -0.4 is 15.5 Å². The van der Waals surface area contributed by atoms with E-state index in [1.54, 1.807) is 0 Å². The number of carbonyl (C=O) groups excluding carboxylic acids is 1.